The summed E-state index contributed by atoms with van der Waals surface area (Å²) in [5.41, 5.74) is 0.225. The predicted octanol–water partition coefficient (Wildman–Crippen LogP) is 2.81. The fourth-order valence-electron chi connectivity index (χ4n) is 2.68. The molecule has 1 aromatic carbocycles. The lowest BCUT2D eigenvalue weighted by Crippen LogP contribution is -2.35. The Balaban J connectivity index is 2.08. The van der Waals surface area contributed by atoms with Crippen molar-refractivity contribution in [1.29, 1.82) is 0 Å². The van der Waals surface area contributed by atoms with Gasteiger partial charge in [-0.05, 0) is 38.1 Å². The van der Waals surface area contributed by atoms with Gasteiger partial charge in [-0.3, -0.25) is 14.9 Å². The average Bonchev–Trinajstić information content (AvgIpc) is 2.72. The molecule has 0 atom stereocenters. The zero-order valence-corrected chi connectivity index (χ0v) is 13.4. The molecule has 0 bridgehead atoms. The van der Waals surface area contributed by atoms with E-state index in [0.717, 1.165) is 32.5 Å². The third-order valence-electron chi connectivity index (χ3n) is 3.81. The minimum Gasteiger partial charge on any atom is -0.337 e. The van der Waals surface area contributed by atoms with E-state index in [1.165, 1.54) is 18.2 Å². The Hall–Kier alpha value is -1.66. The zero-order valence-electron chi connectivity index (χ0n) is 12.6. The van der Waals surface area contributed by atoms with Gasteiger partial charge in [0, 0.05) is 31.3 Å². The summed E-state index contributed by atoms with van der Waals surface area (Å²) in [7, 11) is 0. The molecule has 0 radical (unpaired) electrons. The maximum absolute atomic E-state index is 12.5. The second-order valence-electron chi connectivity index (χ2n) is 5.41. The van der Waals surface area contributed by atoms with Gasteiger partial charge in [0.1, 0.15) is 5.02 Å². The summed E-state index contributed by atoms with van der Waals surface area (Å²) in [5.74, 6) is -0.116. The lowest BCUT2D eigenvalue weighted by molar-refractivity contribution is -0.384. The molecule has 1 aliphatic rings. The standard InChI is InChI=1S/C15H20ClN3O3/c1-2-6-17-7-3-8-18(10-9-17)15(20)12-4-5-14(19(21)22)13(16)11-12/h4-5,11H,2-3,6-10H2,1H3. The summed E-state index contributed by atoms with van der Waals surface area (Å²) in [6, 6.07) is 4.15. The quantitative estimate of drug-likeness (QED) is 0.630. The number of hydrogen-bond donors (Lipinski definition) is 0. The summed E-state index contributed by atoms with van der Waals surface area (Å²) in [5, 5.41) is 10.8. The number of carbonyl (C=O) groups is 1. The van der Waals surface area contributed by atoms with Gasteiger partial charge in [-0.25, -0.2) is 0 Å². The van der Waals surface area contributed by atoms with Crippen molar-refractivity contribution in [3.05, 3.63) is 38.9 Å². The predicted molar refractivity (Wildman–Crippen MR) is 85.4 cm³/mol. The summed E-state index contributed by atoms with van der Waals surface area (Å²) >= 11 is 5.88. The van der Waals surface area contributed by atoms with Crippen LogP contribution in [0, 0.1) is 10.1 Å². The van der Waals surface area contributed by atoms with E-state index in [2.05, 4.69) is 11.8 Å². The third kappa shape index (κ3) is 3.96. The van der Waals surface area contributed by atoms with Crippen LogP contribution >= 0.6 is 11.6 Å². The van der Waals surface area contributed by atoms with E-state index in [4.69, 9.17) is 11.6 Å². The minimum atomic E-state index is -0.550. The number of nitro benzene ring substituents is 1. The van der Waals surface area contributed by atoms with Gasteiger partial charge in [-0.15, -0.1) is 0 Å². The van der Waals surface area contributed by atoms with Crippen LogP contribution in [0.25, 0.3) is 0 Å². The number of carbonyl (C=O) groups excluding carboxylic acids is 1. The van der Waals surface area contributed by atoms with Crippen LogP contribution in [0.15, 0.2) is 18.2 Å². The maximum Gasteiger partial charge on any atom is 0.287 e. The number of rotatable bonds is 4. The molecule has 0 spiro atoms. The molecule has 1 aromatic rings. The van der Waals surface area contributed by atoms with Crippen molar-refractivity contribution in [3.8, 4) is 0 Å². The van der Waals surface area contributed by atoms with E-state index in [1.807, 2.05) is 0 Å². The third-order valence-corrected chi connectivity index (χ3v) is 4.11. The first-order chi connectivity index (χ1) is 10.5. The Morgan fingerprint density at radius 2 is 2.09 bits per heavy atom. The highest BCUT2D eigenvalue weighted by Crippen LogP contribution is 2.25. The maximum atomic E-state index is 12.5. The van der Waals surface area contributed by atoms with E-state index >= 15 is 0 Å². The normalized spacial score (nSPS) is 16.4. The Morgan fingerprint density at radius 3 is 2.73 bits per heavy atom. The van der Waals surface area contributed by atoms with E-state index in [1.54, 1.807) is 4.90 Å². The van der Waals surface area contributed by atoms with Gasteiger partial charge in [-0.2, -0.15) is 0 Å². The molecule has 0 saturated carbocycles. The van der Waals surface area contributed by atoms with Crippen LogP contribution in [-0.2, 0) is 0 Å². The topological polar surface area (TPSA) is 66.7 Å². The van der Waals surface area contributed by atoms with Gasteiger partial charge in [0.2, 0.25) is 0 Å². The van der Waals surface area contributed by atoms with Crippen molar-refractivity contribution in [2.75, 3.05) is 32.7 Å². The van der Waals surface area contributed by atoms with E-state index in [0.29, 0.717) is 18.7 Å². The smallest absolute Gasteiger partial charge is 0.287 e. The minimum absolute atomic E-state index is 0.00159. The second-order valence-corrected chi connectivity index (χ2v) is 5.82. The molecule has 1 aliphatic heterocycles. The van der Waals surface area contributed by atoms with E-state index < -0.39 is 4.92 Å². The lowest BCUT2D eigenvalue weighted by Gasteiger charge is -2.21. The van der Waals surface area contributed by atoms with Crippen molar-refractivity contribution >= 4 is 23.2 Å². The Kier molecular flexibility index (Phi) is 5.74. The SMILES string of the molecule is CCCN1CCCN(C(=O)c2ccc([N+](=O)[O-])c(Cl)c2)CC1. The van der Waals surface area contributed by atoms with Crippen molar-refractivity contribution in [2.45, 2.75) is 19.8 Å². The molecule has 6 nitrogen and oxygen atoms in total. The first kappa shape index (κ1) is 16.7. The van der Waals surface area contributed by atoms with E-state index in [9.17, 15) is 14.9 Å². The number of amides is 1. The molecular weight excluding hydrogens is 306 g/mol. The fourth-order valence-corrected chi connectivity index (χ4v) is 2.93. The highest BCUT2D eigenvalue weighted by molar-refractivity contribution is 6.33. The molecule has 1 saturated heterocycles. The lowest BCUT2D eigenvalue weighted by atomic mass is 10.1. The molecule has 1 heterocycles. The van der Waals surface area contributed by atoms with E-state index in [-0.39, 0.29) is 16.6 Å². The highest BCUT2D eigenvalue weighted by Gasteiger charge is 2.22. The number of nitrogens with zero attached hydrogens (tertiary/aromatic N) is 3. The first-order valence-electron chi connectivity index (χ1n) is 7.48. The number of nitro groups is 1. The summed E-state index contributed by atoms with van der Waals surface area (Å²) in [6.07, 6.45) is 2.04. The van der Waals surface area contributed by atoms with Gasteiger partial charge in [-0.1, -0.05) is 18.5 Å². The second kappa shape index (κ2) is 7.56. The monoisotopic (exact) mass is 325 g/mol. The molecule has 1 fully saturated rings. The van der Waals surface area contributed by atoms with Gasteiger partial charge in [0.15, 0.2) is 0 Å². The van der Waals surface area contributed by atoms with Gasteiger partial charge >= 0.3 is 0 Å². The Labute approximate surface area is 134 Å². The first-order valence-corrected chi connectivity index (χ1v) is 7.86. The van der Waals surface area contributed by atoms with Crippen LogP contribution in [0.4, 0.5) is 5.69 Å². The molecule has 120 valence electrons. The van der Waals surface area contributed by atoms with Crippen molar-refractivity contribution in [1.82, 2.24) is 9.80 Å². The van der Waals surface area contributed by atoms with Gasteiger partial charge < -0.3 is 9.80 Å². The molecule has 1 amide bonds. The van der Waals surface area contributed by atoms with Crippen LogP contribution in [0.3, 0.4) is 0 Å². The van der Waals surface area contributed by atoms with Gasteiger partial charge in [0.25, 0.3) is 11.6 Å². The molecule has 22 heavy (non-hydrogen) atoms. The van der Waals surface area contributed by atoms with Crippen molar-refractivity contribution in [2.24, 2.45) is 0 Å². The average molecular weight is 326 g/mol. The van der Waals surface area contributed by atoms with Crippen LogP contribution in [0.1, 0.15) is 30.1 Å². The van der Waals surface area contributed by atoms with Crippen LogP contribution in [-0.4, -0.2) is 53.4 Å². The largest absolute Gasteiger partial charge is 0.337 e. The summed E-state index contributed by atoms with van der Waals surface area (Å²) in [4.78, 5) is 26.9. The van der Waals surface area contributed by atoms with Crippen LogP contribution in [0.5, 0.6) is 0 Å². The molecular formula is C15H20ClN3O3. The molecule has 2 rings (SSSR count). The number of halogens is 1. The fraction of sp³-hybridized carbons (Fsp3) is 0.533. The van der Waals surface area contributed by atoms with Gasteiger partial charge in [0.05, 0.1) is 4.92 Å². The van der Waals surface area contributed by atoms with Crippen molar-refractivity contribution < 1.29 is 9.72 Å². The molecule has 7 heteroatoms. The highest BCUT2D eigenvalue weighted by atomic mass is 35.5. The van der Waals surface area contributed by atoms with Crippen molar-refractivity contribution in [3.63, 3.8) is 0 Å². The number of hydrogen-bond acceptors (Lipinski definition) is 4. The van der Waals surface area contributed by atoms with Crippen LogP contribution in [0.2, 0.25) is 5.02 Å². The zero-order chi connectivity index (χ0) is 16.1. The summed E-state index contributed by atoms with van der Waals surface area (Å²) < 4.78 is 0. The Morgan fingerprint density at radius 1 is 1.32 bits per heavy atom. The molecule has 0 unspecified atom stereocenters. The Bertz CT molecular complexity index is 565. The molecule has 0 aliphatic carbocycles. The summed E-state index contributed by atoms with van der Waals surface area (Å²) in [6.45, 7) is 6.43. The number of benzene rings is 1. The molecule has 0 aromatic heterocycles. The molecule has 0 N–H and O–H groups in total. The van der Waals surface area contributed by atoms with Crippen LogP contribution < -0.4 is 0 Å².